The minimum Gasteiger partial charge on any atom is -0.324 e. The van der Waals surface area contributed by atoms with Crippen molar-refractivity contribution >= 4 is 17.5 Å². The van der Waals surface area contributed by atoms with Crippen molar-refractivity contribution in [3.8, 4) is 0 Å². The van der Waals surface area contributed by atoms with Gasteiger partial charge < -0.3 is 10.2 Å². The Kier molecular flexibility index (Phi) is 5.12. The summed E-state index contributed by atoms with van der Waals surface area (Å²) in [4.78, 5) is 27.6. The number of aryl methyl sites for hydroxylation is 2. The molecule has 3 rings (SSSR count). The molecule has 1 aliphatic heterocycles. The lowest BCUT2D eigenvalue weighted by Gasteiger charge is -2.28. The van der Waals surface area contributed by atoms with Gasteiger partial charge in [-0.15, -0.1) is 0 Å². The molecule has 1 atom stereocenters. The molecular weight excluding hydrogens is 324 g/mol. The van der Waals surface area contributed by atoms with Crippen LogP contribution >= 0.6 is 0 Å². The minimum atomic E-state index is -0.476. The Bertz CT molecular complexity index is 842. The molecule has 4 nitrogen and oxygen atoms in total. The second-order valence-corrected chi connectivity index (χ2v) is 7.54. The number of amides is 2. The van der Waals surface area contributed by atoms with E-state index in [9.17, 15) is 9.59 Å². The van der Waals surface area contributed by atoms with Gasteiger partial charge in [0.15, 0.2) is 0 Å². The molecule has 2 aromatic carbocycles. The Hall–Kier alpha value is -2.62. The molecule has 0 spiro atoms. The van der Waals surface area contributed by atoms with Crippen LogP contribution in [0.5, 0.6) is 0 Å². The maximum Gasteiger partial charge on any atom is 0.255 e. The SMILES string of the molecule is Cc1ccc(NC(=O)C(CC(C)C)N2Cc3ccccc3C2=O)c(C)c1. The predicted octanol–water partition coefficient (Wildman–Crippen LogP) is 4.31. The molecule has 0 bridgehead atoms. The van der Waals surface area contributed by atoms with Gasteiger partial charge in [0.25, 0.3) is 5.91 Å². The van der Waals surface area contributed by atoms with Gasteiger partial charge in [0.2, 0.25) is 5.91 Å². The molecule has 1 aliphatic rings. The van der Waals surface area contributed by atoms with Crippen LogP contribution in [-0.4, -0.2) is 22.8 Å². The molecule has 2 aromatic rings. The number of nitrogens with zero attached hydrogens (tertiary/aromatic N) is 1. The van der Waals surface area contributed by atoms with Crippen LogP contribution in [0.25, 0.3) is 0 Å². The van der Waals surface area contributed by atoms with Crippen LogP contribution in [0.3, 0.4) is 0 Å². The minimum absolute atomic E-state index is 0.0537. The zero-order chi connectivity index (χ0) is 18.8. The summed E-state index contributed by atoms with van der Waals surface area (Å²) in [7, 11) is 0. The number of carbonyl (C=O) groups is 2. The molecule has 0 saturated carbocycles. The highest BCUT2D eigenvalue weighted by atomic mass is 16.2. The molecule has 0 saturated heterocycles. The van der Waals surface area contributed by atoms with E-state index in [4.69, 9.17) is 0 Å². The number of hydrogen-bond donors (Lipinski definition) is 1. The molecular formula is C22H26N2O2. The van der Waals surface area contributed by atoms with Crippen LogP contribution < -0.4 is 5.32 Å². The van der Waals surface area contributed by atoms with E-state index < -0.39 is 6.04 Å². The summed E-state index contributed by atoms with van der Waals surface area (Å²) in [5.74, 6) is 0.134. The van der Waals surface area contributed by atoms with Crippen LogP contribution in [0.15, 0.2) is 42.5 Å². The molecule has 0 aromatic heterocycles. The monoisotopic (exact) mass is 350 g/mol. The van der Waals surface area contributed by atoms with Gasteiger partial charge in [-0.05, 0) is 49.4 Å². The molecule has 0 aliphatic carbocycles. The summed E-state index contributed by atoms with van der Waals surface area (Å²) in [6, 6.07) is 13.1. The summed E-state index contributed by atoms with van der Waals surface area (Å²) in [6.07, 6.45) is 0.635. The third kappa shape index (κ3) is 3.64. The molecule has 0 fully saturated rings. The van der Waals surface area contributed by atoms with Crippen molar-refractivity contribution in [2.75, 3.05) is 5.32 Å². The second kappa shape index (κ2) is 7.32. The van der Waals surface area contributed by atoms with E-state index in [1.807, 2.05) is 56.3 Å². The van der Waals surface area contributed by atoms with Crippen LogP contribution in [0, 0.1) is 19.8 Å². The maximum atomic E-state index is 13.1. The van der Waals surface area contributed by atoms with Gasteiger partial charge in [-0.3, -0.25) is 9.59 Å². The Morgan fingerprint density at radius 3 is 2.54 bits per heavy atom. The van der Waals surface area contributed by atoms with E-state index in [0.29, 0.717) is 24.4 Å². The fourth-order valence-corrected chi connectivity index (χ4v) is 3.52. The lowest BCUT2D eigenvalue weighted by Crippen LogP contribution is -2.45. The first-order valence-corrected chi connectivity index (χ1v) is 9.14. The van der Waals surface area contributed by atoms with Gasteiger partial charge >= 0.3 is 0 Å². The molecule has 1 unspecified atom stereocenters. The van der Waals surface area contributed by atoms with Crippen LogP contribution in [0.2, 0.25) is 0 Å². The first-order chi connectivity index (χ1) is 12.4. The highest BCUT2D eigenvalue weighted by molar-refractivity contribution is 6.03. The number of nitrogens with one attached hydrogen (secondary N) is 1. The van der Waals surface area contributed by atoms with Gasteiger partial charge in [0.05, 0.1) is 0 Å². The zero-order valence-corrected chi connectivity index (χ0v) is 15.9. The number of rotatable bonds is 5. The second-order valence-electron chi connectivity index (χ2n) is 7.54. The molecule has 26 heavy (non-hydrogen) atoms. The Labute approximate surface area is 155 Å². The third-order valence-electron chi connectivity index (χ3n) is 4.86. The van der Waals surface area contributed by atoms with Crippen molar-refractivity contribution in [2.45, 2.75) is 46.7 Å². The molecule has 1 N–H and O–H groups in total. The van der Waals surface area contributed by atoms with E-state index >= 15 is 0 Å². The summed E-state index contributed by atoms with van der Waals surface area (Å²) in [6.45, 7) is 8.65. The molecule has 136 valence electrons. The molecule has 2 amide bonds. The standard InChI is InChI=1S/C22H26N2O2/c1-14(2)11-20(21(25)23-19-10-9-15(3)12-16(19)4)24-13-17-7-5-6-8-18(17)22(24)26/h5-10,12,14,20H,11,13H2,1-4H3,(H,23,25). The maximum absolute atomic E-state index is 13.1. The average molecular weight is 350 g/mol. The third-order valence-corrected chi connectivity index (χ3v) is 4.86. The zero-order valence-electron chi connectivity index (χ0n) is 15.9. The van der Waals surface area contributed by atoms with Crippen LogP contribution in [0.1, 0.15) is 47.3 Å². The van der Waals surface area contributed by atoms with E-state index in [0.717, 1.165) is 22.4 Å². The van der Waals surface area contributed by atoms with E-state index in [2.05, 4.69) is 19.2 Å². The lowest BCUT2D eigenvalue weighted by atomic mass is 10.0. The lowest BCUT2D eigenvalue weighted by molar-refractivity contribution is -0.121. The largest absolute Gasteiger partial charge is 0.324 e. The molecule has 0 radical (unpaired) electrons. The first-order valence-electron chi connectivity index (χ1n) is 9.14. The van der Waals surface area contributed by atoms with Crippen molar-refractivity contribution in [3.63, 3.8) is 0 Å². The summed E-state index contributed by atoms with van der Waals surface area (Å²) < 4.78 is 0. The van der Waals surface area contributed by atoms with Crippen molar-refractivity contribution in [1.29, 1.82) is 0 Å². The Balaban J connectivity index is 1.84. The Morgan fingerprint density at radius 2 is 1.88 bits per heavy atom. The van der Waals surface area contributed by atoms with Crippen LogP contribution in [-0.2, 0) is 11.3 Å². The Morgan fingerprint density at radius 1 is 1.15 bits per heavy atom. The number of anilines is 1. The van der Waals surface area contributed by atoms with Crippen molar-refractivity contribution in [1.82, 2.24) is 4.90 Å². The average Bonchev–Trinajstić information content (AvgIpc) is 2.92. The number of carbonyl (C=O) groups excluding carboxylic acids is 2. The number of fused-ring (bicyclic) bond motifs is 1. The molecule has 4 heteroatoms. The topological polar surface area (TPSA) is 49.4 Å². The predicted molar refractivity (Wildman–Crippen MR) is 104 cm³/mol. The van der Waals surface area contributed by atoms with E-state index in [-0.39, 0.29) is 11.8 Å². The van der Waals surface area contributed by atoms with Gasteiger partial charge in [-0.2, -0.15) is 0 Å². The van der Waals surface area contributed by atoms with E-state index in [1.165, 1.54) is 0 Å². The van der Waals surface area contributed by atoms with Gasteiger partial charge in [0, 0.05) is 17.8 Å². The summed E-state index contributed by atoms with van der Waals surface area (Å²) >= 11 is 0. The van der Waals surface area contributed by atoms with Gasteiger partial charge in [-0.25, -0.2) is 0 Å². The van der Waals surface area contributed by atoms with Crippen molar-refractivity contribution < 1.29 is 9.59 Å². The highest BCUT2D eigenvalue weighted by Crippen LogP contribution is 2.28. The fourth-order valence-electron chi connectivity index (χ4n) is 3.52. The van der Waals surface area contributed by atoms with Gasteiger partial charge in [-0.1, -0.05) is 49.7 Å². The van der Waals surface area contributed by atoms with Crippen molar-refractivity contribution in [2.24, 2.45) is 5.92 Å². The summed E-state index contributed by atoms with van der Waals surface area (Å²) in [5.41, 5.74) is 4.69. The van der Waals surface area contributed by atoms with E-state index in [1.54, 1.807) is 4.90 Å². The normalized spacial score (nSPS) is 14.5. The van der Waals surface area contributed by atoms with Crippen molar-refractivity contribution in [3.05, 3.63) is 64.7 Å². The number of hydrogen-bond acceptors (Lipinski definition) is 2. The smallest absolute Gasteiger partial charge is 0.255 e. The fraction of sp³-hybridized carbons (Fsp3) is 0.364. The molecule has 1 heterocycles. The first kappa shape index (κ1) is 18.2. The van der Waals surface area contributed by atoms with Gasteiger partial charge in [0.1, 0.15) is 6.04 Å². The van der Waals surface area contributed by atoms with Crippen LogP contribution in [0.4, 0.5) is 5.69 Å². The quantitative estimate of drug-likeness (QED) is 0.873. The number of benzene rings is 2. The highest BCUT2D eigenvalue weighted by Gasteiger charge is 2.36. The summed E-state index contributed by atoms with van der Waals surface area (Å²) in [5, 5.41) is 3.03.